The summed E-state index contributed by atoms with van der Waals surface area (Å²) in [5.74, 6) is 0.954. The van der Waals surface area contributed by atoms with E-state index in [1.165, 1.54) is 0 Å². The van der Waals surface area contributed by atoms with Crippen molar-refractivity contribution in [2.75, 3.05) is 23.3 Å². The molecule has 1 aromatic rings. The fourth-order valence-electron chi connectivity index (χ4n) is 2.73. The van der Waals surface area contributed by atoms with Crippen LogP contribution in [0.4, 0.5) is 5.82 Å². The van der Waals surface area contributed by atoms with Crippen molar-refractivity contribution in [2.24, 2.45) is 5.92 Å². The van der Waals surface area contributed by atoms with Crippen LogP contribution in [0.25, 0.3) is 0 Å². The maximum absolute atomic E-state index is 12.6. The first kappa shape index (κ1) is 16.5. The van der Waals surface area contributed by atoms with Crippen LogP contribution in [0.15, 0.2) is 17.2 Å². The monoisotopic (exact) mass is 357 g/mol. The third kappa shape index (κ3) is 4.07. The van der Waals surface area contributed by atoms with E-state index in [1.54, 1.807) is 17.0 Å². The highest BCUT2D eigenvalue weighted by atomic mass is 79.9. The number of rotatable bonds is 4. The topological polar surface area (TPSA) is 47.4 Å². The van der Waals surface area contributed by atoms with E-state index < -0.39 is 0 Å². The van der Waals surface area contributed by atoms with Crippen molar-refractivity contribution in [3.05, 3.63) is 22.7 Å². The van der Waals surface area contributed by atoms with Gasteiger partial charge in [0, 0.05) is 37.4 Å². The maximum atomic E-state index is 12.6. The minimum Gasteiger partial charge on any atom is -0.368 e. The van der Waals surface area contributed by atoms with Gasteiger partial charge < -0.3 is 14.2 Å². The molecule has 0 aromatic carbocycles. The second-order valence-corrected chi connectivity index (χ2v) is 7.28. The molecule has 0 N–H and O–H groups in total. The van der Waals surface area contributed by atoms with Crippen LogP contribution in [0.2, 0.25) is 0 Å². The number of hydrogen-bond donors (Lipinski definition) is 0. The van der Waals surface area contributed by atoms with Crippen LogP contribution in [-0.2, 0) is 11.3 Å². The van der Waals surface area contributed by atoms with Gasteiger partial charge in [0.2, 0.25) is 0 Å². The van der Waals surface area contributed by atoms with Gasteiger partial charge in [0.15, 0.2) is 5.82 Å². The second-order valence-electron chi connectivity index (χ2n) is 6.64. The Hall–Kier alpha value is -0.880. The number of alkyl halides is 1. The minimum atomic E-state index is -0.288. The highest BCUT2D eigenvalue weighted by Crippen LogP contribution is 2.24. The normalized spacial score (nSPS) is 21.8. The SMILES string of the molecule is CC(C)Cn1ccnc(N2CC(CBr)OC(C)(C)C2)c1=O. The third-order valence-electron chi connectivity index (χ3n) is 3.41. The number of morpholine rings is 1. The fraction of sp³-hybridized carbons (Fsp3) is 0.733. The molecule has 1 unspecified atom stereocenters. The molecule has 1 fully saturated rings. The summed E-state index contributed by atoms with van der Waals surface area (Å²) in [6, 6.07) is 0. The average molecular weight is 358 g/mol. The predicted molar refractivity (Wildman–Crippen MR) is 88.3 cm³/mol. The molecule has 1 saturated heterocycles. The highest BCUT2D eigenvalue weighted by Gasteiger charge is 2.34. The number of hydrogen-bond acceptors (Lipinski definition) is 4. The average Bonchev–Trinajstić information content (AvgIpc) is 2.38. The predicted octanol–water partition coefficient (Wildman–Crippen LogP) is 2.28. The number of anilines is 1. The zero-order valence-electron chi connectivity index (χ0n) is 13.2. The summed E-state index contributed by atoms with van der Waals surface area (Å²) in [6.07, 6.45) is 3.54. The molecule has 6 heteroatoms. The summed E-state index contributed by atoms with van der Waals surface area (Å²) in [4.78, 5) is 19.0. The number of halogens is 1. The summed E-state index contributed by atoms with van der Waals surface area (Å²) in [6.45, 7) is 10.4. The van der Waals surface area contributed by atoms with Gasteiger partial charge in [-0.05, 0) is 19.8 Å². The van der Waals surface area contributed by atoms with Crippen LogP contribution in [-0.4, -0.2) is 39.7 Å². The van der Waals surface area contributed by atoms with Crippen molar-refractivity contribution in [1.29, 1.82) is 0 Å². The van der Waals surface area contributed by atoms with E-state index in [2.05, 4.69) is 39.7 Å². The Kier molecular flexibility index (Phi) is 5.09. The summed E-state index contributed by atoms with van der Waals surface area (Å²) >= 11 is 3.47. The minimum absolute atomic E-state index is 0.0165. The summed E-state index contributed by atoms with van der Waals surface area (Å²) < 4.78 is 7.73. The lowest BCUT2D eigenvalue weighted by Crippen LogP contribution is -2.55. The Morgan fingerprint density at radius 2 is 2.24 bits per heavy atom. The van der Waals surface area contributed by atoms with Crippen molar-refractivity contribution >= 4 is 21.7 Å². The Balaban J connectivity index is 2.30. The Morgan fingerprint density at radius 1 is 1.52 bits per heavy atom. The molecule has 0 spiro atoms. The molecule has 2 heterocycles. The molecule has 1 atom stereocenters. The Labute approximate surface area is 134 Å². The van der Waals surface area contributed by atoms with E-state index in [-0.39, 0.29) is 17.3 Å². The van der Waals surface area contributed by atoms with Gasteiger partial charge in [-0.15, -0.1) is 0 Å². The summed E-state index contributed by atoms with van der Waals surface area (Å²) in [5, 5.41) is 0.750. The van der Waals surface area contributed by atoms with Crippen LogP contribution in [0, 0.1) is 5.92 Å². The smallest absolute Gasteiger partial charge is 0.293 e. The third-order valence-corrected chi connectivity index (χ3v) is 4.13. The van der Waals surface area contributed by atoms with Gasteiger partial charge in [0.1, 0.15) is 0 Å². The number of ether oxygens (including phenoxy) is 1. The van der Waals surface area contributed by atoms with E-state index in [9.17, 15) is 4.79 Å². The van der Waals surface area contributed by atoms with Crippen molar-refractivity contribution in [3.8, 4) is 0 Å². The molecular formula is C15H24BrN3O2. The lowest BCUT2D eigenvalue weighted by Gasteiger charge is -2.42. The molecule has 0 amide bonds. The Bertz CT molecular complexity index is 542. The zero-order valence-corrected chi connectivity index (χ0v) is 14.8. The van der Waals surface area contributed by atoms with E-state index >= 15 is 0 Å². The molecule has 21 heavy (non-hydrogen) atoms. The molecule has 1 aliphatic heterocycles. The molecule has 0 saturated carbocycles. The standard InChI is InChI=1S/C15H24BrN3O2/c1-11(2)8-18-6-5-17-13(14(18)20)19-9-12(7-16)21-15(3,4)10-19/h5-6,11-12H,7-10H2,1-4H3. The molecular weight excluding hydrogens is 334 g/mol. The first-order chi connectivity index (χ1) is 9.82. The molecule has 1 aromatic heterocycles. The van der Waals surface area contributed by atoms with Gasteiger partial charge in [0.05, 0.1) is 11.7 Å². The zero-order chi connectivity index (χ0) is 15.6. The summed E-state index contributed by atoms with van der Waals surface area (Å²) in [7, 11) is 0. The van der Waals surface area contributed by atoms with Gasteiger partial charge in [-0.25, -0.2) is 4.98 Å². The van der Waals surface area contributed by atoms with Crippen LogP contribution in [0.3, 0.4) is 0 Å². The van der Waals surface area contributed by atoms with Crippen molar-refractivity contribution in [1.82, 2.24) is 9.55 Å². The first-order valence-corrected chi connectivity index (χ1v) is 8.48. The quantitative estimate of drug-likeness (QED) is 0.775. The number of nitrogens with zero attached hydrogens (tertiary/aromatic N) is 3. The molecule has 0 aliphatic carbocycles. The number of aromatic nitrogens is 2. The molecule has 1 aliphatic rings. The molecule has 0 radical (unpaired) electrons. The largest absolute Gasteiger partial charge is 0.368 e. The van der Waals surface area contributed by atoms with Crippen LogP contribution in [0.5, 0.6) is 0 Å². The summed E-state index contributed by atoms with van der Waals surface area (Å²) in [5.41, 5.74) is -0.305. The van der Waals surface area contributed by atoms with Gasteiger partial charge in [-0.2, -0.15) is 0 Å². The van der Waals surface area contributed by atoms with Crippen molar-refractivity contribution < 1.29 is 4.74 Å². The molecule has 5 nitrogen and oxygen atoms in total. The van der Waals surface area contributed by atoms with Gasteiger partial charge in [-0.3, -0.25) is 4.79 Å². The van der Waals surface area contributed by atoms with Crippen molar-refractivity contribution in [3.63, 3.8) is 0 Å². The Morgan fingerprint density at radius 3 is 2.86 bits per heavy atom. The second kappa shape index (κ2) is 6.48. The lowest BCUT2D eigenvalue weighted by atomic mass is 10.1. The van der Waals surface area contributed by atoms with E-state index in [1.807, 2.05) is 13.8 Å². The van der Waals surface area contributed by atoms with Crippen molar-refractivity contribution in [2.45, 2.75) is 45.9 Å². The van der Waals surface area contributed by atoms with Crippen LogP contribution >= 0.6 is 15.9 Å². The van der Waals surface area contributed by atoms with Gasteiger partial charge in [-0.1, -0.05) is 29.8 Å². The molecule has 0 bridgehead atoms. The van der Waals surface area contributed by atoms with Crippen LogP contribution < -0.4 is 10.5 Å². The van der Waals surface area contributed by atoms with Gasteiger partial charge >= 0.3 is 0 Å². The molecule has 2 rings (SSSR count). The van der Waals surface area contributed by atoms with Gasteiger partial charge in [0.25, 0.3) is 5.56 Å². The lowest BCUT2D eigenvalue weighted by molar-refractivity contribution is -0.0726. The molecule has 118 valence electrons. The van der Waals surface area contributed by atoms with E-state index in [4.69, 9.17) is 4.74 Å². The highest BCUT2D eigenvalue weighted by molar-refractivity contribution is 9.09. The van der Waals surface area contributed by atoms with E-state index in [0.717, 1.165) is 5.33 Å². The van der Waals surface area contributed by atoms with Crippen LogP contribution in [0.1, 0.15) is 27.7 Å². The first-order valence-electron chi connectivity index (χ1n) is 7.36. The van der Waals surface area contributed by atoms with E-state index in [0.29, 0.717) is 31.4 Å². The maximum Gasteiger partial charge on any atom is 0.293 e. The fourth-order valence-corrected chi connectivity index (χ4v) is 3.06.